The Kier molecular flexibility index (Phi) is 2.47. The van der Waals surface area contributed by atoms with Gasteiger partial charge in [0.2, 0.25) is 5.78 Å². The van der Waals surface area contributed by atoms with Gasteiger partial charge in [-0.3, -0.25) is 9.59 Å². The van der Waals surface area contributed by atoms with E-state index in [0.29, 0.717) is 5.57 Å². The fourth-order valence-corrected chi connectivity index (χ4v) is 1.47. The van der Waals surface area contributed by atoms with Gasteiger partial charge in [0.15, 0.2) is 11.5 Å². The zero-order valence-corrected chi connectivity index (χ0v) is 8.27. The lowest BCUT2D eigenvalue weighted by Gasteiger charge is -2.11. The first-order valence-electron chi connectivity index (χ1n) is 3.29. The molecule has 0 aromatic carbocycles. The van der Waals surface area contributed by atoms with Crippen LogP contribution in [0.2, 0.25) is 0 Å². The van der Waals surface area contributed by atoms with Crippen LogP contribution in [0.5, 0.6) is 0 Å². The molecule has 0 unspecified atom stereocenters. The zero-order valence-electron chi connectivity index (χ0n) is 6.68. The first kappa shape index (κ1) is 9.19. The molecular formula is C8H7BrO3. The predicted molar refractivity (Wildman–Crippen MR) is 46.7 cm³/mol. The van der Waals surface area contributed by atoms with Crippen LogP contribution in [0, 0.1) is 0 Å². The lowest BCUT2D eigenvalue weighted by atomic mass is 10.0. The van der Waals surface area contributed by atoms with E-state index in [0.717, 1.165) is 0 Å². The van der Waals surface area contributed by atoms with Crippen LogP contribution in [-0.2, 0) is 14.3 Å². The van der Waals surface area contributed by atoms with Gasteiger partial charge in [-0.15, -0.1) is 0 Å². The molecule has 1 rings (SSSR count). The molecule has 64 valence electrons. The summed E-state index contributed by atoms with van der Waals surface area (Å²) in [7, 11) is 1.37. The molecule has 0 aromatic heterocycles. The van der Waals surface area contributed by atoms with Crippen LogP contribution in [0.15, 0.2) is 21.9 Å². The largest absolute Gasteiger partial charge is 0.492 e. The smallest absolute Gasteiger partial charge is 0.222 e. The molecule has 0 saturated heterocycles. The molecule has 0 heterocycles. The van der Waals surface area contributed by atoms with Crippen molar-refractivity contribution in [3.63, 3.8) is 0 Å². The summed E-state index contributed by atoms with van der Waals surface area (Å²) in [5, 5.41) is 0. The van der Waals surface area contributed by atoms with Crippen LogP contribution in [0.1, 0.15) is 6.92 Å². The van der Waals surface area contributed by atoms with Crippen molar-refractivity contribution in [2.24, 2.45) is 0 Å². The van der Waals surface area contributed by atoms with Gasteiger partial charge in [-0.05, 0) is 22.9 Å². The van der Waals surface area contributed by atoms with Crippen molar-refractivity contribution in [1.82, 2.24) is 0 Å². The molecule has 12 heavy (non-hydrogen) atoms. The maximum atomic E-state index is 11.2. The second kappa shape index (κ2) is 3.23. The third-order valence-corrected chi connectivity index (χ3v) is 2.17. The molecule has 3 nitrogen and oxygen atoms in total. The number of allylic oxidation sites excluding steroid dienone is 3. The van der Waals surface area contributed by atoms with Crippen molar-refractivity contribution < 1.29 is 14.3 Å². The predicted octanol–water partition coefficient (Wildman–Crippen LogP) is 1.34. The Hall–Kier alpha value is -0.900. The second-order valence-electron chi connectivity index (χ2n) is 2.34. The summed E-state index contributed by atoms with van der Waals surface area (Å²) in [5.74, 6) is -0.351. The van der Waals surface area contributed by atoms with E-state index in [9.17, 15) is 9.59 Å². The highest BCUT2D eigenvalue weighted by Crippen LogP contribution is 2.22. The molecular weight excluding hydrogens is 224 g/mol. The SMILES string of the molecule is COC1=C(C)C(=O)C(Br)=CC1=O. The topological polar surface area (TPSA) is 43.4 Å². The van der Waals surface area contributed by atoms with E-state index in [2.05, 4.69) is 15.9 Å². The third kappa shape index (κ3) is 1.34. The molecule has 1 aliphatic rings. The fraction of sp³-hybridized carbons (Fsp3) is 0.250. The van der Waals surface area contributed by atoms with Gasteiger partial charge in [-0.25, -0.2) is 0 Å². The number of rotatable bonds is 1. The van der Waals surface area contributed by atoms with Crippen LogP contribution in [0.4, 0.5) is 0 Å². The summed E-state index contributed by atoms with van der Waals surface area (Å²) in [6.07, 6.45) is 1.22. The maximum absolute atomic E-state index is 11.2. The van der Waals surface area contributed by atoms with E-state index in [4.69, 9.17) is 4.74 Å². The molecule has 0 aliphatic heterocycles. The number of hydrogen-bond donors (Lipinski definition) is 0. The molecule has 0 saturated carbocycles. The van der Waals surface area contributed by atoms with Gasteiger partial charge < -0.3 is 4.74 Å². The van der Waals surface area contributed by atoms with Crippen molar-refractivity contribution in [2.45, 2.75) is 6.92 Å². The van der Waals surface area contributed by atoms with E-state index in [1.165, 1.54) is 13.2 Å². The molecule has 0 radical (unpaired) electrons. The monoisotopic (exact) mass is 230 g/mol. The number of carbonyl (C=O) groups excluding carboxylic acids is 2. The Morgan fingerprint density at radius 1 is 1.42 bits per heavy atom. The van der Waals surface area contributed by atoms with Gasteiger partial charge in [0.1, 0.15) is 0 Å². The summed E-state index contributed by atoms with van der Waals surface area (Å²) < 4.78 is 5.06. The van der Waals surface area contributed by atoms with E-state index in [1.54, 1.807) is 6.92 Å². The zero-order chi connectivity index (χ0) is 9.30. The Morgan fingerprint density at radius 3 is 2.50 bits per heavy atom. The molecule has 0 fully saturated rings. The van der Waals surface area contributed by atoms with E-state index >= 15 is 0 Å². The van der Waals surface area contributed by atoms with Crippen LogP contribution in [-0.4, -0.2) is 18.7 Å². The number of hydrogen-bond acceptors (Lipinski definition) is 3. The minimum absolute atomic E-state index is 0.128. The quantitative estimate of drug-likeness (QED) is 0.639. The molecule has 0 N–H and O–H groups in total. The van der Waals surface area contributed by atoms with Gasteiger partial charge in [0, 0.05) is 11.6 Å². The van der Waals surface area contributed by atoms with Gasteiger partial charge >= 0.3 is 0 Å². The summed E-state index contributed by atoms with van der Waals surface area (Å²) in [5.41, 5.74) is 0.344. The van der Waals surface area contributed by atoms with Crippen LogP contribution in [0.3, 0.4) is 0 Å². The molecule has 1 aliphatic carbocycles. The van der Waals surface area contributed by atoms with Gasteiger partial charge in [0.05, 0.1) is 11.6 Å². The van der Waals surface area contributed by atoms with Crippen LogP contribution in [0.25, 0.3) is 0 Å². The normalized spacial score (nSPS) is 18.1. The highest BCUT2D eigenvalue weighted by atomic mass is 79.9. The third-order valence-electron chi connectivity index (χ3n) is 1.58. The number of carbonyl (C=O) groups is 2. The van der Waals surface area contributed by atoms with Crippen molar-refractivity contribution in [2.75, 3.05) is 7.11 Å². The summed E-state index contributed by atoms with van der Waals surface area (Å²) in [4.78, 5) is 22.4. The Bertz CT molecular complexity index is 312. The van der Waals surface area contributed by atoms with Crippen molar-refractivity contribution in [3.8, 4) is 0 Å². The number of methoxy groups -OCH3 is 1. The molecule has 0 atom stereocenters. The fourth-order valence-electron chi connectivity index (χ4n) is 0.967. The Balaban J connectivity index is 3.17. The first-order valence-corrected chi connectivity index (χ1v) is 4.08. The first-order chi connectivity index (χ1) is 5.57. The lowest BCUT2D eigenvalue weighted by molar-refractivity contribution is -0.117. The van der Waals surface area contributed by atoms with Crippen molar-refractivity contribution in [1.29, 1.82) is 0 Å². The van der Waals surface area contributed by atoms with Gasteiger partial charge in [-0.1, -0.05) is 0 Å². The van der Waals surface area contributed by atoms with Gasteiger partial charge in [0.25, 0.3) is 0 Å². The number of halogens is 1. The maximum Gasteiger partial charge on any atom is 0.222 e. The molecule has 0 bridgehead atoms. The van der Waals surface area contributed by atoms with Crippen molar-refractivity contribution in [3.05, 3.63) is 21.9 Å². The summed E-state index contributed by atoms with van der Waals surface area (Å²) >= 11 is 2.99. The lowest BCUT2D eigenvalue weighted by Crippen LogP contribution is -2.16. The highest BCUT2D eigenvalue weighted by Gasteiger charge is 2.24. The molecule has 4 heteroatoms. The average molecular weight is 231 g/mol. The van der Waals surface area contributed by atoms with Crippen LogP contribution >= 0.6 is 15.9 Å². The molecule has 0 aromatic rings. The van der Waals surface area contributed by atoms with Crippen LogP contribution < -0.4 is 0 Å². The summed E-state index contributed by atoms with van der Waals surface area (Å²) in [6, 6.07) is 0. The average Bonchev–Trinajstić information content (AvgIpc) is 2.01. The number of ether oxygens (including phenoxy) is 1. The Morgan fingerprint density at radius 2 is 2.00 bits per heavy atom. The van der Waals surface area contributed by atoms with Gasteiger partial charge in [-0.2, -0.15) is 0 Å². The molecule has 0 spiro atoms. The van der Waals surface area contributed by atoms with Crippen molar-refractivity contribution >= 4 is 27.5 Å². The Labute approximate surface area is 78.2 Å². The van der Waals surface area contributed by atoms with E-state index < -0.39 is 0 Å². The number of Topliss-reactive ketones (excluding diaryl/α,β-unsaturated/α-hetero) is 1. The minimum Gasteiger partial charge on any atom is -0.492 e. The second-order valence-corrected chi connectivity index (χ2v) is 3.20. The molecule has 0 amide bonds. The number of ketones is 2. The summed E-state index contributed by atoms with van der Waals surface area (Å²) in [6.45, 7) is 1.56. The highest BCUT2D eigenvalue weighted by molar-refractivity contribution is 9.12. The van der Waals surface area contributed by atoms with E-state index in [1.807, 2.05) is 0 Å². The minimum atomic E-state index is -0.276. The standard InChI is InChI=1S/C8H7BrO3/c1-4-7(11)5(9)3-6(10)8(4)12-2/h3H,1-2H3. The van der Waals surface area contributed by atoms with E-state index in [-0.39, 0.29) is 21.8 Å².